The molecule has 0 bridgehead atoms. The molecule has 2 rings (SSSR count). The number of nitrogens with zero attached hydrogens (tertiary/aromatic N) is 2. The van der Waals surface area contributed by atoms with Gasteiger partial charge in [0.05, 0.1) is 11.2 Å². The Balaban J connectivity index is 2.73. The molecule has 1 aromatic carbocycles. The van der Waals surface area contributed by atoms with Gasteiger partial charge in [0, 0.05) is 10.4 Å². The Hall–Kier alpha value is -1.41. The standard InChI is InChI=1S/C10H7ClN2/c1-2-9-5-7-3-4-8(11)6-10(7)13-12-9/h2-6H,1H2. The number of aromatic nitrogens is 2. The van der Waals surface area contributed by atoms with E-state index < -0.39 is 0 Å². The summed E-state index contributed by atoms with van der Waals surface area (Å²) in [4.78, 5) is 0. The van der Waals surface area contributed by atoms with Crippen molar-refractivity contribution in [1.29, 1.82) is 0 Å². The van der Waals surface area contributed by atoms with Crippen LogP contribution >= 0.6 is 11.6 Å². The topological polar surface area (TPSA) is 25.8 Å². The minimum atomic E-state index is 0.674. The van der Waals surface area contributed by atoms with Crippen LogP contribution in [0.2, 0.25) is 5.02 Å². The van der Waals surface area contributed by atoms with Crippen molar-refractivity contribution >= 4 is 28.6 Å². The number of hydrogen-bond acceptors (Lipinski definition) is 2. The highest BCUT2D eigenvalue weighted by Crippen LogP contribution is 2.17. The highest BCUT2D eigenvalue weighted by atomic mass is 35.5. The molecule has 0 radical (unpaired) electrons. The van der Waals surface area contributed by atoms with E-state index in [1.165, 1.54) is 0 Å². The van der Waals surface area contributed by atoms with Crippen LogP contribution in [0.4, 0.5) is 0 Å². The van der Waals surface area contributed by atoms with Crippen LogP contribution in [0.15, 0.2) is 30.8 Å². The molecule has 0 N–H and O–H groups in total. The van der Waals surface area contributed by atoms with Crippen molar-refractivity contribution < 1.29 is 0 Å². The Labute approximate surface area is 80.9 Å². The van der Waals surface area contributed by atoms with Crippen LogP contribution in [0.5, 0.6) is 0 Å². The Morgan fingerprint density at radius 1 is 1.23 bits per heavy atom. The predicted octanol–water partition coefficient (Wildman–Crippen LogP) is 2.93. The molecule has 0 aliphatic heterocycles. The van der Waals surface area contributed by atoms with Gasteiger partial charge in [-0.15, -0.1) is 5.10 Å². The quantitative estimate of drug-likeness (QED) is 0.691. The molecule has 0 saturated carbocycles. The molecule has 2 nitrogen and oxygen atoms in total. The van der Waals surface area contributed by atoms with Crippen molar-refractivity contribution in [2.24, 2.45) is 0 Å². The summed E-state index contributed by atoms with van der Waals surface area (Å²) in [6, 6.07) is 7.46. The molecule has 0 fully saturated rings. The molecule has 0 unspecified atom stereocenters. The number of hydrogen-bond donors (Lipinski definition) is 0. The van der Waals surface area contributed by atoms with Gasteiger partial charge >= 0.3 is 0 Å². The highest BCUT2D eigenvalue weighted by molar-refractivity contribution is 6.31. The number of rotatable bonds is 1. The number of halogens is 1. The van der Waals surface area contributed by atoms with Crippen molar-refractivity contribution in [3.8, 4) is 0 Å². The molecule has 0 atom stereocenters. The SMILES string of the molecule is C=Cc1cc2ccc(Cl)cc2nn1. The van der Waals surface area contributed by atoms with E-state index in [9.17, 15) is 0 Å². The van der Waals surface area contributed by atoms with Gasteiger partial charge in [-0.2, -0.15) is 5.10 Å². The van der Waals surface area contributed by atoms with Crippen molar-refractivity contribution in [1.82, 2.24) is 10.2 Å². The zero-order valence-corrected chi connectivity index (χ0v) is 7.62. The summed E-state index contributed by atoms with van der Waals surface area (Å²) in [5, 5.41) is 9.64. The molecular formula is C10H7ClN2. The summed E-state index contributed by atoms with van der Waals surface area (Å²) in [6.07, 6.45) is 1.67. The fraction of sp³-hybridized carbons (Fsp3) is 0. The molecule has 3 heteroatoms. The highest BCUT2D eigenvalue weighted by Gasteiger charge is 1.97. The van der Waals surface area contributed by atoms with Crippen molar-refractivity contribution in [3.63, 3.8) is 0 Å². The monoisotopic (exact) mass is 190 g/mol. The van der Waals surface area contributed by atoms with Gasteiger partial charge in [-0.1, -0.05) is 24.2 Å². The molecule has 0 amide bonds. The molecule has 1 aromatic heterocycles. The van der Waals surface area contributed by atoms with Crippen LogP contribution in [0.25, 0.3) is 17.0 Å². The minimum absolute atomic E-state index is 0.674. The molecule has 1 heterocycles. The first kappa shape index (κ1) is 8.20. The molecule has 0 spiro atoms. The van der Waals surface area contributed by atoms with Crippen molar-refractivity contribution in [3.05, 3.63) is 41.6 Å². The molecule has 0 aliphatic rings. The first-order valence-electron chi connectivity index (χ1n) is 3.85. The molecule has 0 saturated heterocycles. The lowest BCUT2D eigenvalue weighted by Crippen LogP contribution is -1.86. The second kappa shape index (κ2) is 3.15. The second-order valence-corrected chi connectivity index (χ2v) is 3.11. The Morgan fingerprint density at radius 2 is 2.08 bits per heavy atom. The molecule has 0 aliphatic carbocycles. The third-order valence-corrected chi connectivity index (χ3v) is 2.01. The average Bonchev–Trinajstić information content (AvgIpc) is 2.17. The van der Waals surface area contributed by atoms with E-state index in [1.54, 1.807) is 12.1 Å². The van der Waals surface area contributed by atoms with Crippen LogP contribution in [0.3, 0.4) is 0 Å². The van der Waals surface area contributed by atoms with E-state index in [0.717, 1.165) is 16.6 Å². The molecular weight excluding hydrogens is 184 g/mol. The van der Waals surface area contributed by atoms with Gasteiger partial charge in [0.1, 0.15) is 0 Å². The molecule has 64 valence electrons. The normalized spacial score (nSPS) is 10.2. The maximum Gasteiger partial charge on any atom is 0.0944 e. The van der Waals surface area contributed by atoms with Crippen LogP contribution < -0.4 is 0 Å². The number of fused-ring (bicyclic) bond motifs is 1. The van der Waals surface area contributed by atoms with E-state index >= 15 is 0 Å². The average molecular weight is 191 g/mol. The molecule has 2 aromatic rings. The van der Waals surface area contributed by atoms with Crippen molar-refractivity contribution in [2.45, 2.75) is 0 Å². The summed E-state index contributed by atoms with van der Waals surface area (Å²) in [5.41, 5.74) is 1.58. The smallest absolute Gasteiger partial charge is 0.0944 e. The van der Waals surface area contributed by atoms with E-state index in [2.05, 4.69) is 16.8 Å². The van der Waals surface area contributed by atoms with E-state index in [-0.39, 0.29) is 0 Å². The lowest BCUT2D eigenvalue weighted by molar-refractivity contribution is 1.06. The van der Waals surface area contributed by atoms with E-state index in [1.807, 2.05) is 18.2 Å². The second-order valence-electron chi connectivity index (χ2n) is 2.68. The van der Waals surface area contributed by atoms with Gasteiger partial charge in [0.15, 0.2) is 0 Å². The predicted molar refractivity (Wildman–Crippen MR) is 54.6 cm³/mol. The lowest BCUT2D eigenvalue weighted by atomic mass is 10.2. The third-order valence-electron chi connectivity index (χ3n) is 1.78. The summed E-state index contributed by atoms with van der Waals surface area (Å²) >= 11 is 5.80. The summed E-state index contributed by atoms with van der Waals surface area (Å²) in [7, 11) is 0. The summed E-state index contributed by atoms with van der Waals surface area (Å²) in [5.74, 6) is 0. The molecule has 13 heavy (non-hydrogen) atoms. The Morgan fingerprint density at radius 3 is 2.85 bits per heavy atom. The first-order valence-corrected chi connectivity index (χ1v) is 4.23. The first-order chi connectivity index (χ1) is 6.29. The van der Waals surface area contributed by atoms with Gasteiger partial charge in [0.2, 0.25) is 0 Å². The maximum atomic E-state index is 5.80. The summed E-state index contributed by atoms with van der Waals surface area (Å²) in [6.45, 7) is 3.63. The third kappa shape index (κ3) is 1.53. The Kier molecular flexibility index (Phi) is 1.99. The zero-order chi connectivity index (χ0) is 9.26. The van der Waals surface area contributed by atoms with E-state index in [4.69, 9.17) is 11.6 Å². The minimum Gasteiger partial charge on any atom is -0.151 e. The lowest BCUT2D eigenvalue weighted by Gasteiger charge is -1.97. The Bertz CT molecular complexity index is 465. The fourth-order valence-electron chi connectivity index (χ4n) is 1.13. The van der Waals surface area contributed by atoms with Gasteiger partial charge in [-0.25, -0.2) is 0 Å². The summed E-state index contributed by atoms with van der Waals surface area (Å²) < 4.78 is 0. The van der Waals surface area contributed by atoms with E-state index in [0.29, 0.717) is 5.02 Å². The van der Waals surface area contributed by atoms with Gasteiger partial charge in [-0.3, -0.25) is 0 Å². The van der Waals surface area contributed by atoms with Crippen LogP contribution in [-0.2, 0) is 0 Å². The van der Waals surface area contributed by atoms with Crippen LogP contribution in [0, 0.1) is 0 Å². The zero-order valence-electron chi connectivity index (χ0n) is 6.87. The number of benzene rings is 1. The fourth-order valence-corrected chi connectivity index (χ4v) is 1.29. The van der Waals surface area contributed by atoms with Crippen molar-refractivity contribution in [2.75, 3.05) is 0 Å². The van der Waals surface area contributed by atoms with Gasteiger partial charge in [0.25, 0.3) is 0 Å². The van der Waals surface area contributed by atoms with Gasteiger partial charge < -0.3 is 0 Å². The maximum absolute atomic E-state index is 5.80. The van der Waals surface area contributed by atoms with Gasteiger partial charge in [-0.05, 0) is 24.3 Å². The largest absolute Gasteiger partial charge is 0.151 e. The van der Waals surface area contributed by atoms with Crippen LogP contribution in [-0.4, -0.2) is 10.2 Å². The van der Waals surface area contributed by atoms with Crippen LogP contribution in [0.1, 0.15) is 5.69 Å².